The minimum Gasteiger partial charge on any atom is -0.368 e. The predicted molar refractivity (Wildman–Crippen MR) is 227 cm³/mol. The number of aliphatic hydroxyl groups excluding tert-OH is 3. The minimum atomic E-state index is -1.53. The van der Waals surface area contributed by atoms with Gasteiger partial charge in [-0.1, -0.05) is 60.7 Å². The molecule has 0 radical (unpaired) electrons. The first kappa shape index (κ1) is 41.1. The molecule has 6 N–H and O–H groups in total. The van der Waals surface area contributed by atoms with Gasteiger partial charge in [0.25, 0.3) is 0 Å². The Morgan fingerprint density at radius 1 is 0.424 bits per heavy atom. The number of pyridine rings is 2. The lowest BCUT2D eigenvalue weighted by Crippen LogP contribution is -2.05. The lowest BCUT2D eigenvalue weighted by molar-refractivity contribution is -0.0453. The van der Waals surface area contributed by atoms with Gasteiger partial charge in [0.15, 0.2) is 36.3 Å². The van der Waals surface area contributed by atoms with E-state index in [2.05, 4.69) is 24.3 Å². The van der Waals surface area contributed by atoms with E-state index in [4.69, 9.17) is 24.9 Å². The number of aryl methyl sites for hydroxylation is 6. The van der Waals surface area contributed by atoms with Gasteiger partial charge >= 0.3 is 0 Å². The number of nitrogens with zero attached hydrogens (tertiary/aromatic N) is 5. The number of aromatic nitrogens is 5. The summed E-state index contributed by atoms with van der Waals surface area (Å²) in [6.45, 7) is 8.13. The maximum atomic E-state index is 9.54. The van der Waals surface area contributed by atoms with Gasteiger partial charge in [-0.3, -0.25) is 9.97 Å². The first-order chi connectivity index (χ1) is 28.3. The SMILES string of the molecule is Cc1cc(-c2nc(-c3ccc(-c4ccc(C(O)O)cc4)cc3)nc(-c3cc(C)c(-c4ccc(CCC(O)O)cn4)cc3C)n2)c(C)cc1-c1ccc(CCC(O)O)cn1. The minimum absolute atomic E-state index is 0.243. The van der Waals surface area contributed by atoms with Crippen LogP contribution in [0.15, 0.2) is 109 Å². The lowest BCUT2D eigenvalue weighted by atomic mass is 9.96. The molecule has 11 heteroatoms. The number of aliphatic hydroxyl groups is 6. The quantitative estimate of drug-likeness (QED) is 0.0641. The summed E-state index contributed by atoms with van der Waals surface area (Å²) >= 11 is 0. The second-order valence-electron chi connectivity index (χ2n) is 15.0. The van der Waals surface area contributed by atoms with E-state index in [1.54, 1.807) is 24.5 Å². The second kappa shape index (κ2) is 17.8. The predicted octanol–water partition coefficient (Wildman–Crippen LogP) is 7.37. The maximum absolute atomic E-state index is 9.54. The normalized spacial score (nSPS) is 11.6. The lowest BCUT2D eigenvalue weighted by Gasteiger charge is -2.15. The summed E-state index contributed by atoms with van der Waals surface area (Å²) in [5.74, 6) is 1.56. The van der Waals surface area contributed by atoms with Crippen molar-refractivity contribution in [2.45, 2.75) is 72.2 Å². The van der Waals surface area contributed by atoms with Gasteiger partial charge in [0, 0.05) is 58.6 Å². The molecule has 0 fully saturated rings. The molecule has 0 amide bonds. The number of hydrogen-bond donors (Lipinski definition) is 6. The maximum Gasteiger partial charge on any atom is 0.178 e. The molecule has 3 aromatic heterocycles. The highest BCUT2D eigenvalue weighted by Crippen LogP contribution is 2.35. The molecule has 0 bridgehead atoms. The van der Waals surface area contributed by atoms with E-state index in [1.807, 2.05) is 88.4 Å². The highest BCUT2D eigenvalue weighted by atomic mass is 16.5. The van der Waals surface area contributed by atoms with Crippen LogP contribution in [0.2, 0.25) is 0 Å². The molecule has 0 aliphatic carbocycles. The van der Waals surface area contributed by atoms with Gasteiger partial charge in [0.05, 0.1) is 11.4 Å². The van der Waals surface area contributed by atoms with Crippen molar-refractivity contribution in [1.29, 1.82) is 0 Å². The van der Waals surface area contributed by atoms with E-state index in [1.165, 1.54) is 0 Å². The van der Waals surface area contributed by atoms with Crippen LogP contribution in [0.5, 0.6) is 0 Å². The van der Waals surface area contributed by atoms with Crippen LogP contribution >= 0.6 is 0 Å². The first-order valence-corrected chi connectivity index (χ1v) is 19.5. The summed E-state index contributed by atoms with van der Waals surface area (Å²) < 4.78 is 0. The Hall–Kier alpha value is -6.05. The molecule has 0 unspecified atom stereocenters. The Kier molecular flexibility index (Phi) is 12.4. The van der Waals surface area contributed by atoms with Crippen molar-refractivity contribution >= 4 is 0 Å². The average molecular weight is 790 g/mol. The Bertz CT molecular complexity index is 2430. The molecule has 4 aromatic carbocycles. The van der Waals surface area contributed by atoms with Crippen LogP contribution in [0, 0.1) is 27.7 Å². The largest absolute Gasteiger partial charge is 0.368 e. The molecule has 0 aliphatic heterocycles. The molecule has 0 aliphatic rings. The third-order valence-electron chi connectivity index (χ3n) is 10.5. The van der Waals surface area contributed by atoms with Crippen molar-refractivity contribution in [3.05, 3.63) is 148 Å². The van der Waals surface area contributed by atoms with Gasteiger partial charge in [-0.15, -0.1) is 0 Å². The molecule has 3 heterocycles. The van der Waals surface area contributed by atoms with E-state index in [9.17, 15) is 30.6 Å². The zero-order chi connectivity index (χ0) is 41.8. The summed E-state index contributed by atoms with van der Waals surface area (Å²) in [4.78, 5) is 24.6. The number of rotatable bonds is 13. The number of benzene rings is 4. The van der Waals surface area contributed by atoms with Crippen LogP contribution in [-0.4, -0.2) is 68.1 Å². The Balaban J connectivity index is 1.28. The molecule has 11 nitrogen and oxygen atoms in total. The van der Waals surface area contributed by atoms with Crippen LogP contribution in [-0.2, 0) is 12.8 Å². The van der Waals surface area contributed by atoms with Crippen LogP contribution in [0.4, 0.5) is 0 Å². The summed E-state index contributed by atoms with van der Waals surface area (Å²) in [5.41, 5.74) is 14.1. The summed E-state index contributed by atoms with van der Waals surface area (Å²) in [5, 5.41) is 56.2. The monoisotopic (exact) mass is 789 g/mol. The van der Waals surface area contributed by atoms with Gasteiger partial charge in [0.1, 0.15) is 0 Å². The highest BCUT2D eigenvalue weighted by Gasteiger charge is 2.19. The summed E-state index contributed by atoms with van der Waals surface area (Å²) in [6, 6.07) is 31.2. The van der Waals surface area contributed by atoms with Crippen LogP contribution in [0.1, 0.15) is 58.1 Å². The van der Waals surface area contributed by atoms with Crippen molar-refractivity contribution in [3.8, 4) is 67.8 Å². The molecule has 0 atom stereocenters. The Morgan fingerprint density at radius 2 is 0.797 bits per heavy atom. The van der Waals surface area contributed by atoms with Gasteiger partial charge < -0.3 is 30.6 Å². The van der Waals surface area contributed by atoms with Crippen molar-refractivity contribution in [1.82, 2.24) is 24.9 Å². The van der Waals surface area contributed by atoms with E-state index >= 15 is 0 Å². The fraction of sp³-hybridized carbons (Fsp3) is 0.229. The molecule has 0 saturated carbocycles. The Morgan fingerprint density at radius 3 is 1.19 bits per heavy atom. The van der Waals surface area contributed by atoms with Crippen molar-refractivity contribution < 1.29 is 30.6 Å². The molecular formula is C48H47N5O6. The molecule has 7 rings (SSSR count). The van der Waals surface area contributed by atoms with E-state index < -0.39 is 18.9 Å². The average Bonchev–Trinajstić information content (AvgIpc) is 3.24. The van der Waals surface area contributed by atoms with Gasteiger partial charge in [-0.2, -0.15) is 0 Å². The smallest absolute Gasteiger partial charge is 0.178 e. The topological polar surface area (TPSA) is 186 Å². The third-order valence-corrected chi connectivity index (χ3v) is 10.5. The van der Waals surface area contributed by atoms with E-state index in [0.29, 0.717) is 35.9 Å². The summed E-state index contributed by atoms with van der Waals surface area (Å²) in [7, 11) is 0. The van der Waals surface area contributed by atoms with Crippen molar-refractivity contribution in [2.75, 3.05) is 0 Å². The van der Waals surface area contributed by atoms with Crippen LogP contribution in [0.3, 0.4) is 0 Å². The molecule has 300 valence electrons. The summed E-state index contributed by atoms with van der Waals surface area (Å²) in [6.07, 6.45) is 0.821. The van der Waals surface area contributed by atoms with Gasteiger partial charge in [-0.05, 0) is 121 Å². The first-order valence-electron chi connectivity index (χ1n) is 19.5. The van der Waals surface area contributed by atoms with Crippen LogP contribution < -0.4 is 0 Å². The van der Waals surface area contributed by atoms with Gasteiger partial charge in [-0.25, -0.2) is 15.0 Å². The zero-order valence-electron chi connectivity index (χ0n) is 33.4. The van der Waals surface area contributed by atoms with Gasteiger partial charge in [0.2, 0.25) is 0 Å². The van der Waals surface area contributed by atoms with Crippen molar-refractivity contribution in [2.24, 2.45) is 0 Å². The molecule has 0 spiro atoms. The fourth-order valence-corrected chi connectivity index (χ4v) is 7.13. The molecule has 7 aromatic rings. The molecule has 59 heavy (non-hydrogen) atoms. The second-order valence-corrected chi connectivity index (χ2v) is 15.0. The standard InChI is InChI=1S/C48H47N5O6/c1-27-23-39(29(3)21-37(27)41-17-5-31(25-49-41)7-19-43(54)55)46-51-45(35-13-9-33(10-14-35)34-11-15-36(16-12-34)48(58)59)52-47(53-46)40-24-28(2)38(22-30(40)4)42-18-6-32(26-50-42)8-20-44(56)57/h5-6,9-18,21-26,43-44,48,54-59H,7-8,19-20H2,1-4H3. The molecular weight excluding hydrogens is 743 g/mol. The number of hydrogen-bond acceptors (Lipinski definition) is 11. The highest BCUT2D eigenvalue weighted by molar-refractivity contribution is 5.77. The van der Waals surface area contributed by atoms with Crippen molar-refractivity contribution in [3.63, 3.8) is 0 Å². The van der Waals surface area contributed by atoms with E-state index in [0.717, 1.165) is 83.7 Å². The fourth-order valence-electron chi connectivity index (χ4n) is 7.13. The Labute approximate surface area is 343 Å². The van der Waals surface area contributed by atoms with E-state index in [-0.39, 0.29) is 12.8 Å². The van der Waals surface area contributed by atoms with Crippen LogP contribution in [0.25, 0.3) is 67.8 Å². The zero-order valence-corrected chi connectivity index (χ0v) is 33.4. The molecule has 0 saturated heterocycles. The third kappa shape index (κ3) is 9.64.